The average molecular weight is 238 g/mol. The van der Waals surface area contributed by atoms with E-state index in [1.165, 1.54) is 5.69 Å². The van der Waals surface area contributed by atoms with Crippen LogP contribution >= 0.6 is 11.8 Å². The van der Waals surface area contributed by atoms with Crippen LogP contribution in [0.25, 0.3) is 0 Å². The molecule has 1 unspecified atom stereocenters. The van der Waals surface area contributed by atoms with Crippen molar-refractivity contribution in [1.29, 1.82) is 0 Å². The molecule has 0 aromatic carbocycles. The van der Waals surface area contributed by atoms with Crippen molar-refractivity contribution in [3.05, 3.63) is 29.6 Å². The third-order valence-electron chi connectivity index (χ3n) is 2.34. The Morgan fingerprint density at radius 2 is 2.06 bits per heavy atom. The topological polar surface area (TPSA) is 24.9 Å². The summed E-state index contributed by atoms with van der Waals surface area (Å²) in [6.45, 7) is 9.56. The van der Waals surface area contributed by atoms with E-state index in [9.17, 15) is 0 Å². The van der Waals surface area contributed by atoms with E-state index in [1.807, 2.05) is 24.8 Å². The van der Waals surface area contributed by atoms with Gasteiger partial charge in [0.05, 0.1) is 10.9 Å². The zero-order chi connectivity index (χ0) is 12.2. The lowest BCUT2D eigenvalue weighted by Crippen LogP contribution is -2.38. The third kappa shape index (κ3) is 4.54. The maximum Gasteiger partial charge on any atom is 0.0592 e. The number of nitrogens with zero attached hydrogens (tertiary/aromatic N) is 1. The maximum absolute atomic E-state index is 4.58. The second-order valence-electron chi connectivity index (χ2n) is 5.06. The van der Waals surface area contributed by atoms with Gasteiger partial charge in [-0.15, -0.1) is 0 Å². The third-order valence-corrected chi connectivity index (χ3v) is 3.32. The molecule has 0 radical (unpaired) electrons. The van der Waals surface area contributed by atoms with Gasteiger partial charge in [0, 0.05) is 17.8 Å². The molecule has 0 fully saturated rings. The molecule has 0 aliphatic heterocycles. The number of aryl methyl sites for hydroxylation is 1. The first kappa shape index (κ1) is 13.5. The highest BCUT2D eigenvalue weighted by Crippen LogP contribution is 2.24. The van der Waals surface area contributed by atoms with Crippen LogP contribution in [0.15, 0.2) is 18.2 Å². The number of nitrogens with one attached hydrogen (secondary N) is 1. The number of thioether (sulfide) groups is 1. The number of rotatable bonds is 4. The SMILES string of the molecule is CSC(CNC(C)(C)C)c1cccc(C)n1. The summed E-state index contributed by atoms with van der Waals surface area (Å²) >= 11 is 1.85. The molecule has 0 amide bonds. The van der Waals surface area contributed by atoms with Crippen molar-refractivity contribution in [3.8, 4) is 0 Å². The summed E-state index contributed by atoms with van der Waals surface area (Å²) in [6.07, 6.45) is 2.14. The summed E-state index contributed by atoms with van der Waals surface area (Å²) in [7, 11) is 0. The first-order valence-electron chi connectivity index (χ1n) is 5.64. The molecule has 0 saturated carbocycles. The van der Waals surface area contributed by atoms with E-state index >= 15 is 0 Å². The molecule has 2 nitrogen and oxygen atoms in total. The summed E-state index contributed by atoms with van der Waals surface area (Å²) in [5.74, 6) is 0. The monoisotopic (exact) mass is 238 g/mol. The Bertz CT molecular complexity index is 331. The Labute approximate surface area is 103 Å². The number of hydrogen-bond donors (Lipinski definition) is 1. The van der Waals surface area contributed by atoms with Crippen LogP contribution in [-0.4, -0.2) is 23.3 Å². The molecular formula is C13H22N2S. The Morgan fingerprint density at radius 1 is 1.38 bits per heavy atom. The molecule has 1 N–H and O–H groups in total. The Hall–Kier alpha value is -0.540. The lowest BCUT2D eigenvalue weighted by atomic mass is 10.1. The lowest BCUT2D eigenvalue weighted by Gasteiger charge is -2.24. The average Bonchev–Trinajstić information content (AvgIpc) is 2.17. The van der Waals surface area contributed by atoms with E-state index in [4.69, 9.17) is 0 Å². The van der Waals surface area contributed by atoms with E-state index in [0.29, 0.717) is 5.25 Å². The summed E-state index contributed by atoms with van der Waals surface area (Å²) in [5.41, 5.74) is 2.43. The standard InChI is InChI=1S/C13H22N2S/c1-10-7-6-8-11(15-10)12(16-5)9-14-13(2,3)4/h6-8,12,14H,9H2,1-5H3. The van der Waals surface area contributed by atoms with Gasteiger partial charge in [0.1, 0.15) is 0 Å². The predicted octanol–water partition coefficient (Wildman–Crippen LogP) is 3.18. The predicted molar refractivity (Wildman–Crippen MR) is 73.0 cm³/mol. The molecule has 1 aromatic heterocycles. The van der Waals surface area contributed by atoms with Gasteiger partial charge in [-0.05, 0) is 46.1 Å². The van der Waals surface area contributed by atoms with Crippen LogP contribution in [0.3, 0.4) is 0 Å². The summed E-state index contributed by atoms with van der Waals surface area (Å²) in [6, 6.07) is 6.23. The van der Waals surface area contributed by atoms with Crippen molar-refractivity contribution in [2.24, 2.45) is 0 Å². The van der Waals surface area contributed by atoms with Gasteiger partial charge in [0.2, 0.25) is 0 Å². The molecular weight excluding hydrogens is 216 g/mol. The molecule has 3 heteroatoms. The largest absolute Gasteiger partial charge is 0.311 e. The second-order valence-corrected chi connectivity index (χ2v) is 6.10. The fourth-order valence-electron chi connectivity index (χ4n) is 1.45. The lowest BCUT2D eigenvalue weighted by molar-refractivity contribution is 0.426. The van der Waals surface area contributed by atoms with Crippen molar-refractivity contribution in [3.63, 3.8) is 0 Å². The molecule has 0 aliphatic rings. The number of pyridine rings is 1. The molecule has 1 rings (SSSR count). The van der Waals surface area contributed by atoms with Crippen molar-refractivity contribution in [2.75, 3.05) is 12.8 Å². The van der Waals surface area contributed by atoms with Crippen LogP contribution in [0.4, 0.5) is 0 Å². The van der Waals surface area contributed by atoms with Gasteiger partial charge in [-0.3, -0.25) is 4.98 Å². The smallest absolute Gasteiger partial charge is 0.0592 e. The quantitative estimate of drug-likeness (QED) is 0.872. The highest BCUT2D eigenvalue weighted by atomic mass is 32.2. The van der Waals surface area contributed by atoms with Crippen LogP contribution in [0.5, 0.6) is 0 Å². The summed E-state index contributed by atoms with van der Waals surface area (Å²) in [5, 5.41) is 3.96. The van der Waals surface area contributed by atoms with Crippen molar-refractivity contribution in [2.45, 2.75) is 38.5 Å². The minimum Gasteiger partial charge on any atom is -0.311 e. The van der Waals surface area contributed by atoms with Crippen molar-refractivity contribution < 1.29 is 0 Å². The van der Waals surface area contributed by atoms with Gasteiger partial charge >= 0.3 is 0 Å². The van der Waals surface area contributed by atoms with Gasteiger partial charge in [0.15, 0.2) is 0 Å². The van der Waals surface area contributed by atoms with Gasteiger partial charge in [-0.25, -0.2) is 0 Å². The van der Waals surface area contributed by atoms with E-state index < -0.39 is 0 Å². The van der Waals surface area contributed by atoms with Crippen LogP contribution in [0.1, 0.15) is 37.4 Å². The zero-order valence-corrected chi connectivity index (χ0v) is 11.7. The first-order chi connectivity index (χ1) is 7.42. The number of aromatic nitrogens is 1. The van der Waals surface area contributed by atoms with E-state index in [0.717, 1.165) is 12.2 Å². The molecule has 90 valence electrons. The summed E-state index contributed by atoms with van der Waals surface area (Å²) in [4.78, 5) is 4.58. The number of hydrogen-bond acceptors (Lipinski definition) is 3. The maximum atomic E-state index is 4.58. The molecule has 0 bridgehead atoms. The fourth-order valence-corrected chi connectivity index (χ4v) is 2.07. The Balaban J connectivity index is 2.68. The molecule has 16 heavy (non-hydrogen) atoms. The van der Waals surface area contributed by atoms with Crippen molar-refractivity contribution in [1.82, 2.24) is 10.3 Å². The van der Waals surface area contributed by atoms with Gasteiger partial charge < -0.3 is 5.32 Å². The van der Waals surface area contributed by atoms with Crippen molar-refractivity contribution >= 4 is 11.8 Å². The Morgan fingerprint density at radius 3 is 2.56 bits per heavy atom. The van der Waals surface area contributed by atoms with Crippen LogP contribution in [-0.2, 0) is 0 Å². The van der Waals surface area contributed by atoms with Crippen LogP contribution in [0.2, 0.25) is 0 Å². The molecule has 0 saturated heterocycles. The van der Waals surface area contributed by atoms with Gasteiger partial charge in [0.25, 0.3) is 0 Å². The minimum atomic E-state index is 0.164. The molecule has 1 aromatic rings. The molecule has 0 spiro atoms. The second kappa shape index (κ2) is 5.69. The van der Waals surface area contributed by atoms with Gasteiger partial charge in [-0.2, -0.15) is 11.8 Å². The highest BCUT2D eigenvalue weighted by molar-refractivity contribution is 7.98. The minimum absolute atomic E-state index is 0.164. The van der Waals surface area contributed by atoms with E-state index in [-0.39, 0.29) is 5.54 Å². The van der Waals surface area contributed by atoms with E-state index in [2.05, 4.69) is 49.5 Å². The van der Waals surface area contributed by atoms with E-state index in [1.54, 1.807) is 0 Å². The Kier molecular flexibility index (Phi) is 4.81. The normalized spacial score (nSPS) is 13.8. The van der Waals surface area contributed by atoms with Gasteiger partial charge in [-0.1, -0.05) is 6.07 Å². The zero-order valence-electron chi connectivity index (χ0n) is 10.9. The summed E-state index contributed by atoms with van der Waals surface area (Å²) < 4.78 is 0. The van der Waals surface area contributed by atoms with Crippen LogP contribution in [0, 0.1) is 6.92 Å². The molecule has 1 heterocycles. The van der Waals surface area contributed by atoms with Crippen LogP contribution < -0.4 is 5.32 Å². The molecule has 1 atom stereocenters. The molecule has 0 aliphatic carbocycles. The fraction of sp³-hybridized carbons (Fsp3) is 0.615. The first-order valence-corrected chi connectivity index (χ1v) is 6.92. The highest BCUT2D eigenvalue weighted by Gasteiger charge is 2.15.